The quantitative estimate of drug-likeness (QED) is 0.193. The molecule has 0 unspecified atom stereocenters. The van der Waals surface area contributed by atoms with Crippen LogP contribution in [0.4, 0.5) is 0 Å². The SMILES string of the molecule is CCCCCCCCCCCCCCCCOCCOCCOC(C)C. The van der Waals surface area contributed by atoms with Crippen LogP contribution >= 0.6 is 0 Å². The molecule has 0 amide bonds. The predicted molar refractivity (Wildman–Crippen MR) is 113 cm³/mol. The highest BCUT2D eigenvalue weighted by Crippen LogP contribution is 2.12. The van der Waals surface area contributed by atoms with Crippen molar-refractivity contribution in [1.82, 2.24) is 0 Å². The standard InChI is InChI=1S/C23H48O3/c1-4-5-6-7-8-9-10-11-12-13-14-15-16-17-18-24-19-20-25-21-22-26-23(2)3/h23H,4-22H2,1-3H3. The highest BCUT2D eigenvalue weighted by Gasteiger charge is 1.96. The summed E-state index contributed by atoms with van der Waals surface area (Å²) in [4.78, 5) is 0. The smallest absolute Gasteiger partial charge is 0.0703 e. The molecule has 158 valence electrons. The van der Waals surface area contributed by atoms with Gasteiger partial charge in [-0.3, -0.25) is 0 Å². The van der Waals surface area contributed by atoms with Crippen LogP contribution in [0.5, 0.6) is 0 Å². The van der Waals surface area contributed by atoms with Crippen molar-refractivity contribution in [2.75, 3.05) is 33.0 Å². The van der Waals surface area contributed by atoms with Gasteiger partial charge in [0.05, 0.1) is 32.5 Å². The molecule has 0 bridgehead atoms. The van der Waals surface area contributed by atoms with E-state index in [4.69, 9.17) is 14.2 Å². The van der Waals surface area contributed by atoms with Crippen molar-refractivity contribution in [3.05, 3.63) is 0 Å². The topological polar surface area (TPSA) is 27.7 Å². The molecule has 0 heterocycles. The van der Waals surface area contributed by atoms with Gasteiger partial charge in [-0.05, 0) is 20.3 Å². The van der Waals surface area contributed by atoms with Gasteiger partial charge in [0.1, 0.15) is 0 Å². The predicted octanol–water partition coefficient (Wildman–Crippen LogP) is 6.93. The van der Waals surface area contributed by atoms with Gasteiger partial charge in [-0.2, -0.15) is 0 Å². The molecular formula is C23H48O3. The van der Waals surface area contributed by atoms with Crippen molar-refractivity contribution < 1.29 is 14.2 Å². The second kappa shape index (κ2) is 22.9. The van der Waals surface area contributed by atoms with Crippen molar-refractivity contribution in [2.24, 2.45) is 0 Å². The molecule has 0 spiro atoms. The lowest BCUT2D eigenvalue weighted by Gasteiger charge is -2.08. The monoisotopic (exact) mass is 372 g/mol. The van der Waals surface area contributed by atoms with Crippen molar-refractivity contribution in [2.45, 2.75) is 117 Å². The largest absolute Gasteiger partial charge is 0.379 e. The maximum Gasteiger partial charge on any atom is 0.0703 e. The van der Waals surface area contributed by atoms with Gasteiger partial charge in [0.15, 0.2) is 0 Å². The maximum atomic E-state index is 5.60. The lowest BCUT2D eigenvalue weighted by Crippen LogP contribution is -2.12. The van der Waals surface area contributed by atoms with Gasteiger partial charge in [0, 0.05) is 6.61 Å². The van der Waals surface area contributed by atoms with E-state index in [-0.39, 0.29) is 6.10 Å². The molecule has 0 N–H and O–H groups in total. The average molecular weight is 373 g/mol. The van der Waals surface area contributed by atoms with Crippen LogP contribution in [0.15, 0.2) is 0 Å². The Hall–Kier alpha value is -0.120. The fourth-order valence-electron chi connectivity index (χ4n) is 3.06. The Balaban J connectivity index is 2.97. The summed E-state index contributed by atoms with van der Waals surface area (Å²) >= 11 is 0. The Morgan fingerprint density at radius 1 is 0.462 bits per heavy atom. The van der Waals surface area contributed by atoms with Gasteiger partial charge in [0.25, 0.3) is 0 Å². The van der Waals surface area contributed by atoms with Crippen LogP contribution in [0.25, 0.3) is 0 Å². The molecule has 0 fully saturated rings. The molecule has 0 atom stereocenters. The molecule has 0 aliphatic carbocycles. The maximum absolute atomic E-state index is 5.60. The van der Waals surface area contributed by atoms with Crippen LogP contribution in [-0.2, 0) is 14.2 Å². The summed E-state index contributed by atoms with van der Waals surface area (Å²) in [5.41, 5.74) is 0. The van der Waals surface area contributed by atoms with Gasteiger partial charge < -0.3 is 14.2 Å². The van der Waals surface area contributed by atoms with Crippen molar-refractivity contribution in [1.29, 1.82) is 0 Å². The van der Waals surface area contributed by atoms with Crippen molar-refractivity contribution in [3.8, 4) is 0 Å². The molecule has 3 heteroatoms. The van der Waals surface area contributed by atoms with Crippen LogP contribution in [0.1, 0.15) is 111 Å². The summed E-state index contributed by atoms with van der Waals surface area (Å²) < 4.78 is 16.5. The number of hydrogen-bond donors (Lipinski definition) is 0. The first-order valence-electron chi connectivity index (χ1n) is 11.5. The van der Waals surface area contributed by atoms with E-state index >= 15 is 0 Å². The molecule has 0 aliphatic heterocycles. The van der Waals surface area contributed by atoms with E-state index < -0.39 is 0 Å². The van der Waals surface area contributed by atoms with E-state index in [0.717, 1.165) is 6.61 Å². The van der Waals surface area contributed by atoms with E-state index in [1.807, 2.05) is 13.8 Å². The van der Waals surface area contributed by atoms with E-state index in [0.29, 0.717) is 26.4 Å². The molecule has 0 aromatic heterocycles. The Morgan fingerprint density at radius 2 is 0.846 bits per heavy atom. The van der Waals surface area contributed by atoms with Crippen LogP contribution < -0.4 is 0 Å². The molecule has 0 aromatic carbocycles. The molecule has 0 radical (unpaired) electrons. The zero-order valence-corrected chi connectivity index (χ0v) is 18.2. The molecular weight excluding hydrogens is 324 g/mol. The second-order valence-electron chi connectivity index (χ2n) is 7.74. The summed E-state index contributed by atoms with van der Waals surface area (Å²) in [7, 11) is 0. The van der Waals surface area contributed by atoms with Gasteiger partial charge >= 0.3 is 0 Å². The minimum atomic E-state index is 0.287. The third-order valence-electron chi connectivity index (χ3n) is 4.69. The molecule has 0 rings (SSSR count). The van der Waals surface area contributed by atoms with Crippen LogP contribution in [0.2, 0.25) is 0 Å². The molecule has 3 nitrogen and oxygen atoms in total. The fraction of sp³-hybridized carbons (Fsp3) is 1.00. The minimum Gasteiger partial charge on any atom is -0.379 e. The van der Waals surface area contributed by atoms with Gasteiger partial charge in [-0.25, -0.2) is 0 Å². The Kier molecular flexibility index (Phi) is 22.8. The summed E-state index contributed by atoms with van der Waals surface area (Å²) in [6.07, 6.45) is 19.9. The highest BCUT2D eigenvalue weighted by molar-refractivity contribution is 4.49. The van der Waals surface area contributed by atoms with Crippen LogP contribution in [0.3, 0.4) is 0 Å². The summed E-state index contributed by atoms with van der Waals surface area (Å²) in [6.45, 7) is 9.98. The van der Waals surface area contributed by atoms with E-state index in [1.165, 1.54) is 89.9 Å². The third-order valence-corrected chi connectivity index (χ3v) is 4.69. The van der Waals surface area contributed by atoms with E-state index in [9.17, 15) is 0 Å². The first-order chi connectivity index (χ1) is 12.8. The average Bonchev–Trinajstić information content (AvgIpc) is 2.62. The van der Waals surface area contributed by atoms with E-state index in [1.54, 1.807) is 0 Å². The van der Waals surface area contributed by atoms with Gasteiger partial charge in [-0.1, -0.05) is 90.4 Å². The fourth-order valence-corrected chi connectivity index (χ4v) is 3.06. The lowest BCUT2D eigenvalue weighted by atomic mass is 10.0. The number of ether oxygens (including phenoxy) is 3. The van der Waals surface area contributed by atoms with Crippen molar-refractivity contribution >= 4 is 0 Å². The summed E-state index contributed by atoms with van der Waals surface area (Å²) in [6, 6.07) is 0. The zero-order valence-electron chi connectivity index (χ0n) is 18.2. The Bertz CT molecular complexity index is 244. The third kappa shape index (κ3) is 23.9. The molecule has 0 aromatic rings. The second-order valence-corrected chi connectivity index (χ2v) is 7.74. The Labute approximate surface area is 164 Å². The van der Waals surface area contributed by atoms with E-state index in [2.05, 4.69) is 6.92 Å². The number of unbranched alkanes of at least 4 members (excludes halogenated alkanes) is 13. The molecule has 0 saturated carbocycles. The van der Waals surface area contributed by atoms with Gasteiger partial charge in [-0.15, -0.1) is 0 Å². The molecule has 26 heavy (non-hydrogen) atoms. The first-order valence-corrected chi connectivity index (χ1v) is 11.5. The minimum absolute atomic E-state index is 0.287. The number of rotatable bonds is 22. The van der Waals surface area contributed by atoms with Crippen LogP contribution in [0, 0.1) is 0 Å². The van der Waals surface area contributed by atoms with Gasteiger partial charge in [0.2, 0.25) is 0 Å². The number of hydrogen-bond acceptors (Lipinski definition) is 3. The normalized spacial score (nSPS) is 11.5. The first kappa shape index (κ1) is 25.9. The summed E-state index contributed by atoms with van der Waals surface area (Å²) in [5, 5.41) is 0. The zero-order chi connectivity index (χ0) is 19.1. The molecule has 0 aliphatic rings. The Morgan fingerprint density at radius 3 is 1.31 bits per heavy atom. The van der Waals surface area contributed by atoms with Crippen molar-refractivity contribution in [3.63, 3.8) is 0 Å². The lowest BCUT2D eigenvalue weighted by molar-refractivity contribution is -0.00185. The van der Waals surface area contributed by atoms with Crippen LogP contribution in [-0.4, -0.2) is 39.1 Å². The molecule has 0 saturated heterocycles. The highest BCUT2D eigenvalue weighted by atomic mass is 16.5. The summed E-state index contributed by atoms with van der Waals surface area (Å²) in [5.74, 6) is 0.